The summed E-state index contributed by atoms with van der Waals surface area (Å²) in [6.45, 7) is 4.15. The number of halogens is 1. The summed E-state index contributed by atoms with van der Waals surface area (Å²) in [4.78, 5) is 21.4. The zero-order valence-electron chi connectivity index (χ0n) is 26.1. The minimum atomic E-state index is -0.704. The van der Waals surface area contributed by atoms with E-state index in [0.717, 1.165) is 60.8 Å². The second-order valence-corrected chi connectivity index (χ2v) is 12.8. The molecule has 1 aliphatic rings. The number of hydrogen-bond donors (Lipinski definition) is 0. The van der Waals surface area contributed by atoms with Crippen molar-refractivity contribution in [3.63, 3.8) is 0 Å². The van der Waals surface area contributed by atoms with Gasteiger partial charge in [-0.1, -0.05) is 133 Å². The van der Waals surface area contributed by atoms with E-state index in [1.165, 1.54) is 0 Å². The van der Waals surface area contributed by atoms with E-state index in [1.54, 1.807) is 6.07 Å². The molecule has 0 spiro atoms. The second kappa shape index (κ2) is 11.4. The van der Waals surface area contributed by atoms with Gasteiger partial charge < -0.3 is 0 Å². The van der Waals surface area contributed by atoms with Crippen molar-refractivity contribution < 1.29 is 4.79 Å². The summed E-state index contributed by atoms with van der Waals surface area (Å²) >= 11 is 6.50. The van der Waals surface area contributed by atoms with E-state index in [9.17, 15) is 4.79 Å². The Labute approximate surface area is 279 Å². The molecular weight excluding hydrogens is 596 g/mol. The van der Waals surface area contributed by atoms with Crippen LogP contribution in [0.3, 0.4) is 0 Å². The number of rotatable bonds is 5. The molecule has 1 amide bonds. The summed E-state index contributed by atoms with van der Waals surface area (Å²) in [5, 5.41) is 2.56. The van der Waals surface area contributed by atoms with Crippen LogP contribution in [0.15, 0.2) is 152 Å². The van der Waals surface area contributed by atoms with E-state index in [-0.39, 0.29) is 5.91 Å². The molecule has 0 radical (unpaired) electrons. The van der Waals surface area contributed by atoms with Crippen molar-refractivity contribution in [2.45, 2.75) is 19.4 Å². The third-order valence-electron chi connectivity index (χ3n) is 9.30. The fourth-order valence-electron chi connectivity index (χ4n) is 7.23. The molecule has 0 unspecified atom stereocenters. The molecule has 47 heavy (non-hydrogen) atoms. The lowest BCUT2D eigenvalue weighted by Gasteiger charge is -2.34. The van der Waals surface area contributed by atoms with Crippen LogP contribution in [0.2, 0.25) is 5.02 Å². The molecule has 0 saturated heterocycles. The fraction of sp³-hybridized carbons (Fsp3) is 0.0698. The molecule has 0 bridgehead atoms. The van der Waals surface area contributed by atoms with E-state index in [1.807, 2.05) is 41.4 Å². The Morgan fingerprint density at radius 3 is 1.57 bits per heavy atom. The predicted octanol–water partition coefficient (Wildman–Crippen LogP) is 11.5. The average molecular weight is 627 g/mol. The summed E-state index contributed by atoms with van der Waals surface area (Å²) in [6.07, 6.45) is 1.84. The van der Waals surface area contributed by atoms with Gasteiger partial charge in [-0.15, -0.1) is 0 Å². The second-order valence-electron chi connectivity index (χ2n) is 12.4. The monoisotopic (exact) mass is 626 g/mol. The molecule has 8 rings (SSSR count). The van der Waals surface area contributed by atoms with Gasteiger partial charge in [0.05, 0.1) is 5.54 Å². The van der Waals surface area contributed by atoms with Crippen LogP contribution in [0.1, 0.15) is 29.8 Å². The number of aromatic nitrogens is 1. The van der Waals surface area contributed by atoms with Crippen LogP contribution in [0.4, 0.5) is 5.82 Å². The van der Waals surface area contributed by atoms with Gasteiger partial charge in [-0.2, -0.15) is 0 Å². The molecule has 0 atom stereocenters. The molecule has 0 aliphatic carbocycles. The number of hydrogen-bond acceptors (Lipinski definition) is 2. The Balaban J connectivity index is 1.61. The average Bonchev–Trinajstić information content (AvgIpc) is 3.31. The SMILES string of the molecule is CC1(C)c2cc(Cl)ccc2C(=O)N1c1nccc2c(-c3ccccc3)c(-c3ccccc3)c(-c3ccccc3)c(-c3ccccc3)c12. The van der Waals surface area contributed by atoms with Crippen LogP contribution < -0.4 is 4.90 Å². The molecule has 6 aromatic carbocycles. The highest BCUT2D eigenvalue weighted by molar-refractivity contribution is 6.31. The van der Waals surface area contributed by atoms with Crippen LogP contribution in [-0.2, 0) is 5.54 Å². The maximum absolute atomic E-state index is 14.5. The van der Waals surface area contributed by atoms with Crippen molar-refractivity contribution in [3.05, 3.63) is 168 Å². The summed E-state index contributed by atoms with van der Waals surface area (Å²) in [5.74, 6) is 0.535. The summed E-state index contributed by atoms with van der Waals surface area (Å²) < 4.78 is 0. The maximum Gasteiger partial charge on any atom is 0.260 e. The van der Waals surface area contributed by atoms with Gasteiger partial charge in [0.25, 0.3) is 5.91 Å². The largest absolute Gasteiger partial charge is 0.282 e. The minimum Gasteiger partial charge on any atom is -0.282 e. The lowest BCUT2D eigenvalue weighted by molar-refractivity contribution is 0.0981. The first-order valence-electron chi connectivity index (χ1n) is 15.8. The molecule has 0 N–H and O–H groups in total. The Bertz CT molecular complexity index is 2280. The molecule has 1 aliphatic heterocycles. The Morgan fingerprint density at radius 1 is 0.574 bits per heavy atom. The van der Waals surface area contributed by atoms with Crippen molar-refractivity contribution >= 4 is 34.1 Å². The Morgan fingerprint density at radius 2 is 1.04 bits per heavy atom. The molecular formula is C43H31ClN2O. The number of benzene rings is 6. The van der Waals surface area contributed by atoms with Gasteiger partial charge in [-0.3, -0.25) is 9.69 Å². The number of carbonyl (C=O) groups is 1. The highest BCUT2D eigenvalue weighted by Crippen LogP contribution is 2.54. The summed E-state index contributed by atoms with van der Waals surface area (Å²) in [5.41, 5.74) is 9.52. The van der Waals surface area contributed by atoms with Gasteiger partial charge in [-0.25, -0.2) is 4.98 Å². The smallest absolute Gasteiger partial charge is 0.260 e. The number of anilines is 1. The van der Waals surface area contributed by atoms with E-state index >= 15 is 0 Å². The molecule has 226 valence electrons. The minimum absolute atomic E-state index is 0.0877. The van der Waals surface area contributed by atoms with Crippen LogP contribution in [0, 0.1) is 0 Å². The lowest BCUT2D eigenvalue weighted by atomic mass is 9.79. The quantitative estimate of drug-likeness (QED) is 0.190. The highest BCUT2D eigenvalue weighted by atomic mass is 35.5. The van der Waals surface area contributed by atoms with Crippen molar-refractivity contribution in [3.8, 4) is 44.5 Å². The molecule has 1 aromatic heterocycles. The van der Waals surface area contributed by atoms with Crippen LogP contribution >= 0.6 is 11.6 Å². The van der Waals surface area contributed by atoms with Crippen LogP contribution in [0.25, 0.3) is 55.3 Å². The highest BCUT2D eigenvalue weighted by Gasteiger charge is 2.45. The first kappa shape index (κ1) is 28.9. The van der Waals surface area contributed by atoms with E-state index in [2.05, 4.69) is 123 Å². The Kier molecular flexibility index (Phi) is 7.00. The number of pyridine rings is 1. The summed E-state index contributed by atoms with van der Waals surface area (Å²) in [6, 6.07) is 49.9. The summed E-state index contributed by atoms with van der Waals surface area (Å²) in [7, 11) is 0. The Hall–Kier alpha value is -5.51. The zero-order valence-corrected chi connectivity index (χ0v) is 26.9. The van der Waals surface area contributed by atoms with Crippen molar-refractivity contribution in [1.29, 1.82) is 0 Å². The van der Waals surface area contributed by atoms with E-state index < -0.39 is 5.54 Å². The molecule has 0 saturated carbocycles. The van der Waals surface area contributed by atoms with Gasteiger partial charge >= 0.3 is 0 Å². The third kappa shape index (κ3) is 4.66. The topological polar surface area (TPSA) is 33.2 Å². The van der Waals surface area contributed by atoms with Crippen molar-refractivity contribution in [1.82, 2.24) is 4.98 Å². The number of nitrogens with zero attached hydrogens (tertiary/aromatic N) is 2. The number of fused-ring (bicyclic) bond motifs is 2. The lowest BCUT2D eigenvalue weighted by Crippen LogP contribution is -2.40. The van der Waals surface area contributed by atoms with E-state index in [0.29, 0.717) is 16.4 Å². The fourth-order valence-corrected chi connectivity index (χ4v) is 7.41. The number of carbonyl (C=O) groups excluding carboxylic acids is 1. The molecule has 7 aromatic rings. The van der Waals surface area contributed by atoms with Crippen LogP contribution in [0.5, 0.6) is 0 Å². The van der Waals surface area contributed by atoms with E-state index in [4.69, 9.17) is 16.6 Å². The van der Waals surface area contributed by atoms with Gasteiger partial charge in [-0.05, 0) is 88.0 Å². The van der Waals surface area contributed by atoms with Gasteiger partial charge in [0.2, 0.25) is 0 Å². The maximum atomic E-state index is 14.5. The third-order valence-corrected chi connectivity index (χ3v) is 9.53. The normalized spacial score (nSPS) is 13.6. The molecule has 0 fully saturated rings. The van der Waals surface area contributed by atoms with Gasteiger partial charge in [0, 0.05) is 27.7 Å². The van der Waals surface area contributed by atoms with Crippen molar-refractivity contribution in [2.24, 2.45) is 0 Å². The first-order valence-corrected chi connectivity index (χ1v) is 16.2. The first-order chi connectivity index (χ1) is 22.9. The van der Waals surface area contributed by atoms with Crippen molar-refractivity contribution in [2.75, 3.05) is 4.90 Å². The van der Waals surface area contributed by atoms with Gasteiger partial charge in [0.1, 0.15) is 5.82 Å². The molecule has 2 heterocycles. The molecule has 4 heteroatoms. The predicted molar refractivity (Wildman–Crippen MR) is 195 cm³/mol. The molecule has 3 nitrogen and oxygen atoms in total. The van der Waals surface area contributed by atoms with Gasteiger partial charge in [0.15, 0.2) is 0 Å². The zero-order chi connectivity index (χ0) is 32.1. The van der Waals surface area contributed by atoms with Crippen LogP contribution in [-0.4, -0.2) is 10.9 Å². The standard InChI is InChI=1S/C43H31ClN2O/c1-43(2)35-27-32(44)23-24-33(35)42(47)46(43)41-40-34(25-26-45-41)36(28-15-7-3-8-16-28)37(29-17-9-4-10-18-29)38(30-19-11-5-12-20-30)39(40)31-21-13-6-14-22-31/h3-27H,1-2H3. The number of amides is 1.